The van der Waals surface area contributed by atoms with E-state index in [2.05, 4.69) is 22.3 Å². The zero-order chi connectivity index (χ0) is 25.0. The van der Waals surface area contributed by atoms with Gasteiger partial charge in [-0.3, -0.25) is 14.5 Å². The van der Waals surface area contributed by atoms with E-state index >= 15 is 0 Å². The molecule has 0 radical (unpaired) electrons. The number of pyridine rings is 1. The Bertz CT molecular complexity index is 991. The van der Waals surface area contributed by atoms with E-state index in [-0.39, 0.29) is 12.3 Å². The van der Waals surface area contributed by atoms with Crippen molar-refractivity contribution in [1.82, 2.24) is 20.1 Å². The van der Waals surface area contributed by atoms with Crippen LogP contribution in [0.1, 0.15) is 80.7 Å². The Kier molecular flexibility index (Phi) is 8.42. The smallest absolute Gasteiger partial charge is 0.350 e. The monoisotopic (exact) mass is 478 g/mol. The molecule has 0 aromatic carbocycles. The van der Waals surface area contributed by atoms with Crippen molar-refractivity contribution < 1.29 is 18.0 Å². The third-order valence-corrected chi connectivity index (χ3v) is 7.15. The lowest BCUT2D eigenvalue weighted by atomic mass is 9.83. The Morgan fingerprint density at radius 3 is 2.50 bits per heavy atom. The molecule has 2 aromatic heterocycles. The Balaban J connectivity index is 1.83. The number of rotatable bonds is 8. The van der Waals surface area contributed by atoms with Gasteiger partial charge in [0.1, 0.15) is 0 Å². The summed E-state index contributed by atoms with van der Waals surface area (Å²) in [7, 11) is 0. The van der Waals surface area contributed by atoms with Crippen LogP contribution in [0.4, 0.5) is 13.2 Å². The molecule has 2 heterocycles. The first-order valence-electron chi connectivity index (χ1n) is 12.5. The number of halogens is 3. The maximum Gasteiger partial charge on any atom is 0.391 e. The molecule has 0 unspecified atom stereocenters. The molecule has 188 valence electrons. The van der Waals surface area contributed by atoms with Gasteiger partial charge in [-0.05, 0) is 56.6 Å². The zero-order valence-corrected chi connectivity index (χ0v) is 20.9. The number of nitrogens with one attached hydrogen (secondary N) is 1. The highest BCUT2D eigenvalue weighted by Crippen LogP contribution is 2.32. The fraction of sp³-hybridized carbons (Fsp3) is 0.654. The fourth-order valence-corrected chi connectivity index (χ4v) is 4.78. The Morgan fingerprint density at radius 1 is 1.24 bits per heavy atom. The highest BCUT2D eigenvalue weighted by Gasteiger charge is 2.36. The number of nitrogens with zero attached hydrogens (tertiary/aromatic N) is 3. The number of hydrogen-bond acceptors (Lipinski definition) is 3. The molecule has 0 bridgehead atoms. The van der Waals surface area contributed by atoms with E-state index in [9.17, 15) is 18.0 Å². The average molecular weight is 479 g/mol. The lowest BCUT2D eigenvalue weighted by Gasteiger charge is -2.26. The first-order valence-corrected chi connectivity index (χ1v) is 12.5. The Labute approximate surface area is 200 Å². The van der Waals surface area contributed by atoms with Crippen LogP contribution in [0.3, 0.4) is 0 Å². The molecule has 0 spiro atoms. The van der Waals surface area contributed by atoms with Crippen LogP contribution in [-0.2, 0) is 19.4 Å². The molecule has 0 saturated heterocycles. The second kappa shape index (κ2) is 10.9. The van der Waals surface area contributed by atoms with Gasteiger partial charge >= 0.3 is 6.18 Å². The van der Waals surface area contributed by atoms with Crippen molar-refractivity contribution in [2.45, 2.75) is 85.9 Å². The number of alkyl halides is 3. The number of amides is 1. The van der Waals surface area contributed by atoms with Gasteiger partial charge in [0.2, 0.25) is 0 Å². The van der Waals surface area contributed by atoms with Crippen molar-refractivity contribution in [3.05, 3.63) is 34.8 Å². The summed E-state index contributed by atoms with van der Waals surface area (Å²) >= 11 is 0. The molecule has 0 aliphatic heterocycles. The van der Waals surface area contributed by atoms with E-state index in [1.54, 1.807) is 16.9 Å². The van der Waals surface area contributed by atoms with Crippen molar-refractivity contribution in [3.8, 4) is 11.3 Å². The summed E-state index contributed by atoms with van der Waals surface area (Å²) in [5, 5.41) is 7.66. The van der Waals surface area contributed by atoms with Crippen molar-refractivity contribution >= 4 is 5.91 Å². The van der Waals surface area contributed by atoms with Crippen molar-refractivity contribution in [2.75, 3.05) is 6.54 Å². The number of carbonyl (C=O) groups excluding carboxylic acids is 1. The normalized spacial score (nSPS) is 19.8. The lowest BCUT2D eigenvalue weighted by molar-refractivity contribution is -0.169. The van der Waals surface area contributed by atoms with E-state index < -0.39 is 12.1 Å². The minimum Gasteiger partial charge on any atom is -0.350 e. The van der Waals surface area contributed by atoms with Gasteiger partial charge < -0.3 is 5.32 Å². The summed E-state index contributed by atoms with van der Waals surface area (Å²) in [6.07, 6.45) is 2.56. The number of aromatic nitrogens is 3. The van der Waals surface area contributed by atoms with E-state index in [0.717, 1.165) is 41.1 Å². The molecular weight excluding hydrogens is 441 g/mol. The Hall–Kier alpha value is -2.38. The van der Waals surface area contributed by atoms with Gasteiger partial charge in [-0.2, -0.15) is 18.3 Å². The third-order valence-electron chi connectivity index (χ3n) is 7.15. The maximum absolute atomic E-state index is 13.0. The van der Waals surface area contributed by atoms with Crippen LogP contribution < -0.4 is 5.32 Å². The molecule has 3 rings (SSSR count). The second-order valence-corrected chi connectivity index (χ2v) is 9.81. The van der Waals surface area contributed by atoms with Crippen LogP contribution in [0.25, 0.3) is 11.3 Å². The lowest BCUT2D eigenvalue weighted by Crippen LogP contribution is -2.31. The summed E-state index contributed by atoms with van der Waals surface area (Å²) < 4.78 is 40.8. The van der Waals surface area contributed by atoms with E-state index in [4.69, 9.17) is 0 Å². The quantitative estimate of drug-likeness (QED) is 0.496. The fourth-order valence-electron chi connectivity index (χ4n) is 4.78. The van der Waals surface area contributed by atoms with Gasteiger partial charge in [0.15, 0.2) is 5.69 Å². The number of hydrogen-bond donors (Lipinski definition) is 1. The summed E-state index contributed by atoms with van der Waals surface area (Å²) in [4.78, 5) is 17.3. The molecule has 1 N–H and O–H groups in total. The standard InChI is InChI=1S/C26H37F3N4O/c1-6-20-13-21(12-17(4)26(27,28)29)30-15-22(20)24-18(5)23(32-33(24)7-2)25(34)31-14-19-10-8-16(3)9-11-19/h13,15-17,19H,6-12,14H2,1-5H3,(H,31,34)/t16?,17-,19?/m1/s1. The van der Waals surface area contributed by atoms with Crippen LogP contribution in [0.15, 0.2) is 12.3 Å². The highest BCUT2D eigenvalue weighted by molar-refractivity contribution is 5.95. The maximum atomic E-state index is 13.0. The van der Waals surface area contributed by atoms with Gasteiger partial charge in [0.05, 0.1) is 11.6 Å². The van der Waals surface area contributed by atoms with Crippen LogP contribution in [0.2, 0.25) is 0 Å². The van der Waals surface area contributed by atoms with Gasteiger partial charge in [0.25, 0.3) is 5.91 Å². The molecule has 1 fully saturated rings. The summed E-state index contributed by atoms with van der Waals surface area (Å²) in [6.45, 7) is 10.5. The molecule has 2 aromatic rings. The van der Waals surface area contributed by atoms with Crippen LogP contribution >= 0.6 is 0 Å². The van der Waals surface area contributed by atoms with Gasteiger partial charge in [-0.25, -0.2) is 0 Å². The average Bonchev–Trinajstić information content (AvgIpc) is 3.13. The minimum atomic E-state index is -4.25. The van der Waals surface area contributed by atoms with Crippen LogP contribution in [-0.4, -0.2) is 33.4 Å². The molecular formula is C26H37F3N4O. The molecule has 8 heteroatoms. The number of carbonyl (C=O) groups is 1. The van der Waals surface area contributed by atoms with E-state index in [1.165, 1.54) is 19.8 Å². The summed E-state index contributed by atoms with van der Waals surface area (Å²) in [6, 6.07) is 1.76. The van der Waals surface area contributed by atoms with Crippen LogP contribution in [0.5, 0.6) is 0 Å². The van der Waals surface area contributed by atoms with E-state index in [1.807, 2.05) is 20.8 Å². The van der Waals surface area contributed by atoms with Crippen LogP contribution in [0, 0.1) is 24.7 Å². The molecule has 5 nitrogen and oxygen atoms in total. The molecule has 34 heavy (non-hydrogen) atoms. The van der Waals surface area contributed by atoms with Gasteiger partial charge in [-0.15, -0.1) is 0 Å². The highest BCUT2D eigenvalue weighted by atomic mass is 19.4. The van der Waals surface area contributed by atoms with Crippen molar-refractivity contribution in [1.29, 1.82) is 0 Å². The van der Waals surface area contributed by atoms with Crippen molar-refractivity contribution in [3.63, 3.8) is 0 Å². The Morgan fingerprint density at radius 2 is 1.91 bits per heavy atom. The first-order chi connectivity index (χ1) is 16.0. The zero-order valence-electron chi connectivity index (χ0n) is 20.9. The molecule has 1 amide bonds. The SMILES string of the molecule is CCc1cc(C[C@@H](C)C(F)(F)F)ncc1-c1c(C)c(C(=O)NCC2CCC(C)CC2)nn1CC. The van der Waals surface area contributed by atoms with E-state index in [0.29, 0.717) is 36.8 Å². The predicted octanol–water partition coefficient (Wildman–Crippen LogP) is 6.13. The molecule has 1 aliphatic carbocycles. The molecule has 1 atom stereocenters. The minimum absolute atomic E-state index is 0.156. The van der Waals surface area contributed by atoms with Gasteiger partial charge in [-0.1, -0.05) is 33.6 Å². The molecule has 1 aliphatic rings. The summed E-state index contributed by atoms with van der Waals surface area (Å²) in [5.41, 5.74) is 4.12. The second-order valence-electron chi connectivity index (χ2n) is 9.81. The third kappa shape index (κ3) is 5.99. The largest absolute Gasteiger partial charge is 0.391 e. The predicted molar refractivity (Wildman–Crippen MR) is 128 cm³/mol. The summed E-state index contributed by atoms with van der Waals surface area (Å²) in [5.74, 6) is -0.357. The topological polar surface area (TPSA) is 59.8 Å². The van der Waals surface area contributed by atoms with Crippen molar-refractivity contribution in [2.24, 2.45) is 17.8 Å². The molecule has 1 saturated carbocycles. The number of aryl methyl sites for hydroxylation is 2. The first kappa shape index (κ1) is 26.2. The van der Waals surface area contributed by atoms with Gasteiger partial charge in [0, 0.05) is 42.5 Å².